The third kappa shape index (κ3) is 3.89. The molecule has 6 nitrogen and oxygen atoms in total. The first-order valence-electron chi connectivity index (χ1n) is 9.69. The van der Waals surface area contributed by atoms with Gasteiger partial charge in [-0.3, -0.25) is 0 Å². The number of hydrogen-bond donors (Lipinski definition) is 1. The van der Waals surface area contributed by atoms with Crippen molar-refractivity contribution >= 4 is 22.7 Å². The highest BCUT2D eigenvalue weighted by Gasteiger charge is 2.11. The number of nitrogens with zero attached hydrogens (tertiary/aromatic N) is 3. The normalized spacial score (nSPS) is 10.8. The van der Waals surface area contributed by atoms with Crippen molar-refractivity contribution in [1.29, 1.82) is 0 Å². The molecule has 0 saturated carbocycles. The Morgan fingerprint density at radius 3 is 2.07 bits per heavy atom. The van der Waals surface area contributed by atoms with Crippen molar-refractivity contribution in [3.63, 3.8) is 0 Å². The van der Waals surface area contributed by atoms with Crippen LogP contribution < -0.4 is 14.8 Å². The molecule has 0 spiro atoms. The summed E-state index contributed by atoms with van der Waals surface area (Å²) in [5.74, 6) is 1.95. The van der Waals surface area contributed by atoms with Gasteiger partial charge in [-0.2, -0.15) is 0 Å². The summed E-state index contributed by atoms with van der Waals surface area (Å²) in [5.41, 5.74) is 7.95. The molecule has 1 N–H and O–H groups in total. The lowest BCUT2D eigenvalue weighted by Gasteiger charge is -2.11. The molecule has 1 heterocycles. The Morgan fingerprint density at radius 2 is 1.40 bits per heavy atom. The smallest absolute Gasteiger partial charge is 0.247 e. The van der Waals surface area contributed by atoms with Gasteiger partial charge in [0, 0.05) is 11.8 Å². The summed E-state index contributed by atoms with van der Waals surface area (Å²) in [7, 11) is 3.29. The fraction of sp³-hybridized carbons (Fsp3) is 0.208. The molecule has 0 unspecified atom stereocenters. The van der Waals surface area contributed by atoms with E-state index in [2.05, 4.69) is 47.6 Å². The van der Waals surface area contributed by atoms with E-state index in [4.69, 9.17) is 14.5 Å². The van der Waals surface area contributed by atoms with Crippen molar-refractivity contribution in [2.75, 3.05) is 19.5 Å². The van der Waals surface area contributed by atoms with Gasteiger partial charge >= 0.3 is 0 Å². The number of aryl methyl sites for hydroxylation is 3. The standard InChI is InChI=1S/C24H24N4O2/c1-14-6-7-19(9-15(14)2)25-24-26-23-16(3)8-17(12-22(23)27-28-24)18-10-20(29-4)13-21(11-18)30-5/h6-13H,1-5H3,(H,25,26,28). The van der Waals surface area contributed by atoms with Crippen molar-refractivity contribution in [1.82, 2.24) is 15.2 Å². The second-order valence-corrected chi connectivity index (χ2v) is 7.32. The third-order valence-electron chi connectivity index (χ3n) is 5.20. The Bertz CT molecular complexity index is 1220. The van der Waals surface area contributed by atoms with Crippen LogP contribution >= 0.6 is 0 Å². The van der Waals surface area contributed by atoms with Crippen LogP contribution in [0, 0.1) is 20.8 Å². The summed E-state index contributed by atoms with van der Waals surface area (Å²) < 4.78 is 10.8. The van der Waals surface area contributed by atoms with Gasteiger partial charge in [-0.1, -0.05) is 6.07 Å². The maximum absolute atomic E-state index is 5.40. The number of benzene rings is 3. The average molecular weight is 400 g/mol. The van der Waals surface area contributed by atoms with Crippen LogP contribution in [0.4, 0.5) is 11.6 Å². The number of fused-ring (bicyclic) bond motifs is 1. The zero-order valence-electron chi connectivity index (χ0n) is 17.8. The first kappa shape index (κ1) is 19.6. The monoisotopic (exact) mass is 400 g/mol. The number of anilines is 2. The van der Waals surface area contributed by atoms with Gasteiger partial charge in [0.25, 0.3) is 0 Å². The van der Waals surface area contributed by atoms with Crippen LogP contribution in [-0.4, -0.2) is 29.4 Å². The van der Waals surface area contributed by atoms with Gasteiger partial charge in [0.05, 0.1) is 19.7 Å². The molecule has 3 aromatic carbocycles. The molecule has 6 heteroatoms. The lowest BCUT2D eigenvalue weighted by molar-refractivity contribution is 0.394. The molecule has 30 heavy (non-hydrogen) atoms. The number of hydrogen-bond acceptors (Lipinski definition) is 6. The first-order chi connectivity index (χ1) is 14.5. The Kier molecular flexibility index (Phi) is 5.23. The van der Waals surface area contributed by atoms with E-state index in [0.29, 0.717) is 5.95 Å². The molecule has 4 aromatic rings. The van der Waals surface area contributed by atoms with E-state index in [-0.39, 0.29) is 0 Å². The molecule has 0 bridgehead atoms. The number of aromatic nitrogens is 3. The highest BCUT2D eigenvalue weighted by atomic mass is 16.5. The Hall–Kier alpha value is -3.67. The predicted octanol–water partition coefficient (Wildman–Crippen LogP) is 5.38. The molecule has 0 aliphatic carbocycles. The van der Waals surface area contributed by atoms with Crippen LogP contribution in [0.3, 0.4) is 0 Å². The molecular formula is C24H24N4O2. The van der Waals surface area contributed by atoms with Gasteiger partial charge in [-0.25, -0.2) is 4.98 Å². The number of methoxy groups -OCH3 is 2. The van der Waals surface area contributed by atoms with E-state index < -0.39 is 0 Å². The molecule has 0 saturated heterocycles. The largest absolute Gasteiger partial charge is 0.497 e. The minimum absolute atomic E-state index is 0.477. The first-order valence-corrected chi connectivity index (χ1v) is 9.69. The van der Waals surface area contributed by atoms with E-state index in [1.54, 1.807) is 14.2 Å². The number of nitrogens with one attached hydrogen (secondary N) is 1. The maximum atomic E-state index is 5.40. The molecular weight excluding hydrogens is 376 g/mol. The molecule has 0 amide bonds. The van der Waals surface area contributed by atoms with E-state index in [1.807, 2.05) is 37.3 Å². The van der Waals surface area contributed by atoms with Crippen molar-refractivity contribution in [3.05, 3.63) is 65.2 Å². The minimum atomic E-state index is 0.477. The van der Waals surface area contributed by atoms with Gasteiger partial charge < -0.3 is 14.8 Å². The summed E-state index contributed by atoms with van der Waals surface area (Å²) in [6.45, 7) is 6.20. The van der Waals surface area contributed by atoms with Crippen LogP contribution in [0.25, 0.3) is 22.2 Å². The summed E-state index contributed by atoms with van der Waals surface area (Å²) >= 11 is 0. The van der Waals surface area contributed by atoms with E-state index in [1.165, 1.54) is 11.1 Å². The quantitative estimate of drug-likeness (QED) is 0.485. The Morgan fingerprint density at radius 1 is 0.700 bits per heavy atom. The van der Waals surface area contributed by atoms with Crippen LogP contribution in [0.1, 0.15) is 16.7 Å². The zero-order chi connectivity index (χ0) is 21.3. The summed E-state index contributed by atoms with van der Waals surface area (Å²) in [4.78, 5) is 4.69. The molecule has 4 rings (SSSR count). The summed E-state index contributed by atoms with van der Waals surface area (Å²) in [6, 6.07) is 16.0. The molecule has 0 aliphatic rings. The SMILES string of the molecule is COc1cc(OC)cc(-c2cc(C)c3nc(Nc4ccc(C)c(C)c4)nnc3c2)c1. The van der Waals surface area contributed by atoms with Crippen molar-refractivity contribution in [2.24, 2.45) is 0 Å². The summed E-state index contributed by atoms with van der Waals surface area (Å²) in [5, 5.41) is 11.9. The van der Waals surface area contributed by atoms with Gasteiger partial charge in [-0.15, -0.1) is 10.2 Å². The lowest BCUT2D eigenvalue weighted by Crippen LogP contribution is -2.01. The lowest BCUT2D eigenvalue weighted by atomic mass is 10.0. The molecule has 0 radical (unpaired) electrons. The second kappa shape index (κ2) is 7.99. The molecule has 0 aliphatic heterocycles. The fourth-order valence-electron chi connectivity index (χ4n) is 3.35. The summed E-state index contributed by atoms with van der Waals surface area (Å²) in [6.07, 6.45) is 0. The van der Waals surface area contributed by atoms with Crippen molar-refractivity contribution < 1.29 is 9.47 Å². The topological polar surface area (TPSA) is 69.2 Å². The molecule has 1 aromatic heterocycles. The molecule has 0 atom stereocenters. The minimum Gasteiger partial charge on any atom is -0.497 e. The predicted molar refractivity (Wildman–Crippen MR) is 120 cm³/mol. The zero-order valence-corrected chi connectivity index (χ0v) is 17.8. The van der Waals surface area contributed by atoms with Gasteiger partial charge in [0.15, 0.2) is 0 Å². The fourth-order valence-corrected chi connectivity index (χ4v) is 3.35. The van der Waals surface area contributed by atoms with Crippen LogP contribution in [0.2, 0.25) is 0 Å². The Balaban J connectivity index is 1.72. The van der Waals surface area contributed by atoms with Crippen LogP contribution in [0.5, 0.6) is 11.5 Å². The van der Waals surface area contributed by atoms with E-state index in [0.717, 1.165) is 44.9 Å². The van der Waals surface area contributed by atoms with Gasteiger partial charge in [0.2, 0.25) is 5.95 Å². The molecule has 0 fully saturated rings. The van der Waals surface area contributed by atoms with Gasteiger partial charge in [-0.05, 0) is 85.0 Å². The van der Waals surface area contributed by atoms with Crippen LogP contribution in [0.15, 0.2) is 48.5 Å². The third-order valence-corrected chi connectivity index (χ3v) is 5.20. The number of ether oxygens (including phenoxy) is 2. The van der Waals surface area contributed by atoms with Crippen LogP contribution in [-0.2, 0) is 0 Å². The average Bonchev–Trinajstić information content (AvgIpc) is 2.76. The molecule has 152 valence electrons. The second-order valence-electron chi connectivity index (χ2n) is 7.32. The Labute approximate surface area is 175 Å². The highest BCUT2D eigenvalue weighted by Crippen LogP contribution is 2.32. The maximum Gasteiger partial charge on any atom is 0.247 e. The van der Waals surface area contributed by atoms with Crippen molar-refractivity contribution in [3.8, 4) is 22.6 Å². The van der Waals surface area contributed by atoms with E-state index in [9.17, 15) is 0 Å². The van der Waals surface area contributed by atoms with E-state index >= 15 is 0 Å². The van der Waals surface area contributed by atoms with Crippen molar-refractivity contribution in [2.45, 2.75) is 20.8 Å². The van der Waals surface area contributed by atoms with Gasteiger partial charge in [0.1, 0.15) is 17.0 Å². The highest BCUT2D eigenvalue weighted by molar-refractivity contribution is 5.85. The number of rotatable bonds is 5.